The summed E-state index contributed by atoms with van der Waals surface area (Å²) in [6.45, 7) is 0.272. The molecule has 0 spiro atoms. The SMILES string of the molecule is O=C(N[C@@H]1C[C@H]2C[C@@]2(C(=O)N[C@@H]2CC[C@H](C(=O)O)C2)C1)OCC1c2ccccc2-c2ccccc21. The lowest BCUT2D eigenvalue weighted by molar-refractivity contribution is -0.141. The largest absolute Gasteiger partial charge is 0.481 e. The van der Waals surface area contributed by atoms with Crippen LogP contribution < -0.4 is 10.6 Å². The summed E-state index contributed by atoms with van der Waals surface area (Å²) in [4.78, 5) is 36.9. The van der Waals surface area contributed by atoms with Crippen LogP contribution in [0.4, 0.5) is 4.79 Å². The van der Waals surface area contributed by atoms with Crippen molar-refractivity contribution < 1.29 is 24.2 Å². The van der Waals surface area contributed by atoms with Gasteiger partial charge in [-0.1, -0.05) is 48.5 Å². The van der Waals surface area contributed by atoms with Crippen LogP contribution >= 0.6 is 0 Å². The van der Waals surface area contributed by atoms with Gasteiger partial charge in [-0.3, -0.25) is 9.59 Å². The van der Waals surface area contributed by atoms with Gasteiger partial charge in [-0.25, -0.2) is 4.79 Å². The minimum Gasteiger partial charge on any atom is -0.481 e. The highest BCUT2D eigenvalue weighted by atomic mass is 16.5. The topological polar surface area (TPSA) is 105 Å². The smallest absolute Gasteiger partial charge is 0.407 e. The maximum atomic E-state index is 13.0. The van der Waals surface area contributed by atoms with Crippen LogP contribution in [-0.4, -0.2) is 41.8 Å². The number of hydrogen-bond donors (Lipinski definition) is 3. The van der Waals surface area contributed by atoms with E-state index in [0.717, 1.165) is 12.8 Å². The summed E-state index contributed by atoms with van der Waals surface area (Å²) in [6.07, 6.45) is 3.63. The monoisotopic (exact) mass is 474 g/mol. The molecule has 0 saturated heterocycles. The molecule has 3 saturated carbocycles. The maximum Gasteiger partial charge on any atom is 0.407 e. The number of aliphatic carboxylic acids is 1. The minimum atomic E-state index is -0.780. The van der Waals surface area contributed by atoms with Crippen molar-refractivity contribution in [3.63, 3.8) is 0 Å². The molecule has 182 valence electrons. The molecule has 0 unspecified atom stereocenters. The van der Waals surface area contributed by atoms with E-state index < -0.39 is 17.5 Å². The number of carbonyl (C=O) groups is 3. The Morgan fingerprint density at radius 3 is 2.23 bits per heavy atom. The summed E-state index contributed by atoms with van der Waals surface area (Å²) < 4.78 is 5.68. The number of nitrogens with one attached hydrogen (secondary N) is 2. The second-order valence-corrected chi connectivity index (χ2v) is 10.7. The average molecular weight is 475 g/mol. The molecule has 4 aliphatic carbocycles. The molecule has 3 N–H and O–H groups in total. The molecule has 7 heteroatoms. The molecule has 2 amide bonds. The predicted molar refractivity (Wildman–Crippen MR) is 129 cm³/mol. The minimum absolute atomic E-state index is 0.0169. The van der Waals surface area contributed by atoms with Gasteiger partial charge in [0.2, 0.25) is 5.91 Å². The number of amides is 2. The maximum absolute atomic E-state index is 13.0. The highest BCUT2D eigenvalue weighted by molar-refractivity contribution is 5.87. The number of fused-ring (bicyclic) bond motifs is 4. The van der Waals surface area contributed by atoms with Crippen molar-refractivity contribution in [1.82, 2.24) is 10.6 Å². The Bertz CT molecular complexity index is 1150. The van der Waals surface area contributed by atoms with Gasteiger partial charge in [0.1, 0.15) is 6.61 Å². The number of ether oxygens (including phenoxy) is 1. The van der Waals surface area contributed by atoms with Gasteiger partial charge in [0.15, 0.2) is 0 Å². The lowest BCUT2D eigenvalue weighted by Gasteiger charge is -2.21. The molecular formula is C28H30N2O5. The number of carbonyl (C=O) groups excluding carboxylic acids is 2. The van der Waals surface area contributed by atoms with Crippen molar-refractivity contribution in [3.05, 3.63) is 59.7 Å². The molecule has 2 aromatic carbocycles. The normalized spacial score (nSPS) is 30.2. The number of alkyl carbamates (subject to hydrolysis) is 1. The van der Waals surface area contributed by atoms with E-state index in [2.05, 4.69) is 34.9 Å². The fourth-order valence-electron chi connectivity index (χ4n) is 6.76. The van der Waals surface area contributed by atoms with E-state index in [1.54, 1.807) is 0 Å². The van der Waals surface area contributed by atoms with Gasteiger partial charge in [0, 0.05) is 18.0 Å². The zero-order valence-electron chi connectivity index (χ0n) is 19.5. The van der Waals surface area contributed by atoms with E-state index in [1.807, 2.05) is 24.3 Å². The lowest BCUT2D eigenvalue weighted by atomic mass is 9.98. The molecule has 0 radical (unpaired) electrons. The zero-order valence-corrected chi connectivity index (χ0v) is 19.5. The average Bonchev–Trinajstić information content (AvgIpc) is 3.18. The molecule has 35 heavy (non-hydrogen) atoms. The van der Waals surface area contributed by atoms with Gasteiger partial charge in [-0.05, 0) is 66.7 Å². The molecule has 7 nitrogen and oxygen atoms in total. The van der Waals surface area contributed by atoms with E-state index in [4.69, 9.17) is 4.74 Å². The van der Waals surface area contributed by atoms with Crippen molar-refractivity contribution in [2.75, 3.05) is 6.61 Å². The third-order valence-corrected chi connectivity index (χ3v) is 8.65. The quantitative estimate of drug-likeness (QED) is 0.586. The van der Waals surface area contributed by atoms with E-state index in [1.165, 1.54) is 22.3 Å². The van der Waals surface area contributed by atoms with Crippen LogP contribution in [0, 0.1) is 17.3 Å². The van der Waals surface area contributed by atoms with Crippen LogP contribution in [0.2, 0.25) is 0 Å². The second kappa shape index (κ2) is 8.40. The van der Waals surface area contributed by atoms with Crippen molar-refractivity contribution in [2.24, 2.45) is 17.3 Å². The summed E-state index contributed by atoms with van der Waals surface area (Å²) in [5.74, 6) is -0.825. The van der Waals surface area contributed by atoms with Crippen LogP contribution in [-0.2, 0) is 14.3 Å². The Balaban J connectivity index is 1.02. The van der Waals surface area contributed by atoms with Gasteiger partial charge in [0.05, 0.1) is 11.3 Å². The fraction of sp³-hybridized carbons (Fsp3) is 0.464. The second-order valence-electron chi connectivity index (χ2n) is 10.7. The summed E-state index contributed by atoms with van der Waals surface area (Å²) in [5, 5.41) is 15.3. The summed E-state index contributed by atoms with van der Waals surface area (Å²) in [7, 11) is 0. The number of hydrogen-bond acceptors (Lipinski definition) is 4. The first-order chi connectivity index (χ1) is 16.9. The summed E-state index contributed by atoms with van der Waals surface area (Å²) >= 11 is 0. The third-order valence-electron chi connectivity index (χ3n) is 8.65. The highest BCUT2D eigenvalue weighted by Gasteiger charge is 2.65. The third kappa shape index (κ3) is 3.87. The van der Waals surface area contributed by atoms with Gasteiger partial charge < -0.3 is 20.5 Å². The number of carboxylic acid groups (broad SMARTS) is 1. The Kier molecular flexibility index (Phi) is 5.31. The standard InChI is InChI=1S/C28H30N2O5/c31-25(32)16-9-10-18(11-16)29-26(33)28-13-17(28)12-19(14-28)30-27(34)35-15-24-22-7-3-1-5-20(22)21-6-2-4-8-23(21)24/h1-8,16-19,24H,9-15H2,(H,29,33)(H,30,34)(H,31,32)/t16-,17-,18+,19+,28+/m0/s1. The first kappa shape index (κ1) is 22.1. The Labute approximate surface area is 204 Å². The molecular weight excluding hydrogens is 444 g/mol. The molecule has 3 fully saturated rings. The molecule has 2 aromatic rings. The molecule has 6 rings (SSSR count). The first-order valence-corrected chi connectivity index (χ1v) is 12.6. The number of carboxylic acids is 1. The van der Waals surface area contributed by atoms with Crippen LogP contribution in [0.25, 0.3) is 11.1 Å². The van der Waals surface area contributed by atoms with Crippen LogP contribution in [0.3, 0.4) is 0 Å². The van der Waals surface area contributed by atoms with E-state index in [9.17, 15) is 19.5 Å². The van der Waals surface area contributed by atoms with E-state index in [0.29, 0.717) is 25.7 Å². The number of benzene rings is 2. The van der Waals surface area contributed by atoms with Crippen LogP contribution in [0.5, 0.6) is 0 Å². The molecule has 5 atom stereocenters. The molecule has 0 aromatic heterocycles. The van der Waals surface area contributed by atoms with Crippen LogP contribution in [0.15, 0.2) is 48.5 Å². The van der Waals surface area contributed by atoms with Crippen molar-refractivity contribution in [2.45, 2.75) is 56.5 Å². The van der Waals surface area contributed by atoms with Gasteiger partial charge in [0.25, 0.3) is 0 Å². The fourth-order valence-corrected chi connectivity index (χ4v) is 6.76. The molecule has 0 heterocycles. The molecule has 0 bridgehead atoms. The lowest BCUT2D eigenvalue weighted by Crippen LogP contribution is -2.41. The van der Waals surface area contributed by atoms with Crippen molar-refractivity contribution >= 4 is 18.0 Å². The van der Waals surface area contributed by atoms with E-state index in [-0.39, 0.29) is 42.4 Å². The van der Waals surface area contributed by atoms with Crippen LogP contribution in [0.1, 0.15) is 55.6 Å². The van der Waals surface area contributed by atoms with Gasteiger partial charge in [-0.2, -0.15) is 0 Å². The summed E-state index contributed by atoms with van der Waals surface area (Å²) in [6, 6.07) is 16.3. The molecule has 0 aliphatic heterocycles. The predicted octanol–water partition coefficient (Wildman–Crippen LogP) is 4.06. The Morgan fingerprint density at radius 2 is 1.57 bits per heavy atom. The summed E-state index contributed by atoms with van der Waals surface area (Å²) in [5.41, 5.74) is 4.33. The Morgan fingerprint density at radius 1 is 0.886 bits per heavy atom. The van der Waals surface area contributed by atoms with E-state index >= 15 is 0 Å². The van der Waals surface area contributed by atoms with Crippen molar-refractivity contribution in [1.29, 1.82) is 0 Å². The molecule has 4 aliphatic rings. The highest BCUT2D eigenvalue weighted by Crippen LogP contribution is 2.63. The van der Waals surface area contributed by atoms with Gasteiger partial charge >= 0.3 is 12.1 Å². The number of rotatable bonds is 6. The van der Waals surface area contributed by atoms with Crippen molar-refractivity contribution in [3.8, 4) is 11.1 Å². The van der Waals surface area contributed by atoms with Gasteiger partial charge in [-0.15, -0.1) is 0 Å². The Hall–Kier alpha value is -3.35. The first-order valence-electron chi connectivity index (χ1n) is 12.6. The zero-order chi connectivity index (χ0) is 24.2.